The van der Waals surface area contributed by atoms with Crippen LogP contribution in [0.5, 0.6) is 0 Å². The minimum absolute atomic E-state index is 0. The smallest absolute Gasteiger partial charge is 0.227 e. The molecule has 2 amide bonds. The SMILES string of the molecule is Cc1cc(Br)cc(NC(=O)C2CCN(C(=O)C(C)C)CC2)c1N.Cl. The summed E-state index contributed by atoms with van der Waals surface area (Å²) < 4.78 is 0.886. The second kappa shape index (κ2) is 8.72. The van der Waals surface area contributed by atoms with Crippen LogP contribution in [0.15, 0.2) is 16.6 Å². The predicted octanol–water partition coefficient (Wildman–Crippen LogP) is 3.59. The van der Waals surface area contributed by atoms with Crippen LogP contribution in [-0.2, 0) is 9.59 Å². The molecule has 0 saturated carbocycles. The number of nitrogens with zero attached hydrogens (tertiary/aromatic N) is 1. The lowest BCUT2D eigenvalue weighted by Gasteiger charge is -2.32. The van der Waals surface area contributed by atoms with Crippen molar-refractivity contribution in [2.45, 2.75) is 33.6 Å². The molecule has 1 aromatic carbocycles. The first-order chi connectivity index (χ1) is 10.8. The molecule has 1 aromatic rings. The molecule has 7 heteroatoms. The summed E-state index contributed by atoms with van der Waals surface area (Å²) >= 11 is 3.42. The lowest BCUT2D eigenvalue weighted by Crippen LogP contribution is -2.43. The van der Waals surface area contributed by atoms with Crippen molar-refractivity contribution in [3.05, 3.63) is 22.2 Å². The van der Waals surface area contributed by atoms with Gasteiger partial charge in [0, 0.05) is 29.4 Å². The molecule has 1 heterocycles. The van der Waals surface area contributed by atoms with Gasteiger partial charge in [-0.15, -0.1) is 12.4 Å². The van der Waals surface area contributed by atoms with Gasteiger partial charge in [-0.1, -0.05) is 29.8 Å². The van der Waals surface area contributed by atoms with Crippen molar-refractivity contribution >= 4 is 51.5 Å². The van der Waals surface area contributed by atoms with Crippen LogP contribution < -0.4 is 11.1 Å². The summed E-state index contributed by atoms with van der Waals surface area (Å²) in [7, 11) is 0. The van der Waals surface area contributed by atoms with Gasteiger partial charge in [0.15, 0.2) is 0 Å². The Hall–Kier alpha value is -1.27. The summed E-state index contributed by atoms with van der Waals surface area (Å²) in [5.41, 5.74) is 8.19. The van der Waals surface area contributed by atoms with Crippen LogP contribution in [0.2, 0.25) is 0 Å². The average Bonchev–Trinajstić information content (AvgIpc) is 2.51. The lowest BCUT2D eigenvalue weighted by atomic mass is 9.95. The van der Waals surface area contributed by atoms with Gasteiger partial charge in [0.1, 0.15) is 0 Å². The van der Waals surface area contributed by atoms with E-state index in [1.807, 2.05) is 37.8 Å². The molecule has 5 nitrogen and oxygen atoms in total. The van der Waals surface area contributed by atoms with Crippen molar-refractivity contribution in [3.8, 4) is 0 Å². The van der Waals surface area contributed by atoms with Gasteiger partial charge in [-0.05, 0) is 37.5 Å². The van der Waals surface area contributed by atoms with Crippen molar-refractivity contribution < 1.29 is 9.59 Å². The third kappa shape index (κ3) is 4.86. The Morgan fingerprint density at radius 2 is 1.88 bits per heavy atom. The van der Waals surface area contributed by atoms with Crippen LogP contribution >= 0.6 is 28.3 Å². The molecular weight excluding hydrogens is 394 g/mol. The molecule has 1 fully saturated rings. The third-order valence-electron chi connectivity index (χ3n) is 4.28. The highest BCUT2D eigenvalue weighted by Crippen LogP contribution is 2.29. The quantitative estimate of drug-likeness (QED) is 0.737. The molecule has 0 atom stereocenters. The highest BCUT2D eigenvalue weighted by atomic mass is 79.9. The first-order valence-corrected chi connectivity index (χ1v) is 8.74. The van der Waals surface area contributed by atoms with Gasteiger partial charge in [0.05, 0.1) is 11.4 Å². The van der Waals surface area contributed by atoms with Crippen LogP contribution in [0.4, 0.5) is 11.4 Å². The van der Waals surface area contributed by atoms with Gasteiger partial charge in [-0.2, -0.15) is 0 Å². The predicted molar refractivity (Wildman–Crippen MR) is 103 cm³/mol. The van der Waals surface area contributed by atoms with Crippen LogP contribution in [-0.4, -0.2) is 29.8 Å². The number of anilines is 2. The van der Waals surface area contributed by atoms with Gasteiger partial charge in [0.25, 0.3) is 0 Å². The number of nitrogen functional groups attached to an aromatic ring is 1. The molecule has 2 rings (SSSR count). The van der Waals surface area contributed by atoms with E-state index in [0.717, 1.165) is 10.0 Å². The van der Waals surface area contributed by atoms with E-state index >= 15 is 0 Å². The van der Waals surface area contributed by atoms with Crippen molar-refractivity contribution in [1.29, 1.82) is 0 Å². The number of hydrogen-bond donors (Lipinski definition) is 2. The Morgan fingerprint density at radius 1 is 1.29 bits per heavy atom. The number of piperidine rings is 1. The lowest BCUT2D eigenvalue weighted by molar-refractivity contribution is -0.137. The maximum absolute atomic E-state index is 12.5. The first kappa shape index (κ1) is 20.8. The van der Waals surface area contributed by atoms with E-state index in [2.05, 4.69) is 21.2 Å². The zero-order valence-corrected chi connectivity index (χ0v) is 16.7. The number of carbonyl (C=O) groups excluding carboxylic acids is 2. The third-order valence-corrected chi connectivity index (χ3v) is 4.74. The van der Waals surface area contributed by atoms with Gasteiger partial charge < -0.3 is 16.0 Å². The molecule has 134 valence electrons. The van der Waals surface area contributed by atoms with E-state index in [4.69, 9.17) is 5.73 Å². The maximum Gasteiger partial charge on any atom is 0.227 e. The number of likely N-dealkylation sites (tertiary alicyclic amines) is 1. The number of amides is 2. The summed E-state index contributed by atoms with van der Waals surface area (Å²) in [4.78, 5) is 26.3. The molecule has 3 N–H and O–H groups in total. The number of nitrogens with two attached hydrogens (primary N) is 1. The molecule has 0 unspecified atom stereocenters. The van der Waals surface area contributed by atoms with Crippen molar-refractivity contribution in [2.24, 2.45) is 11.8 Å². The fraction of sp³-hybridized carbons (Fsp3) is 0.529. The standard InChI is InChI=1S/C17H24BrN3O2.ClH/c1-10(2)17(23)21-6-4-12(5-7-21)16(22)20-14-9-13(18)8-11(3)15(14)19;/h8-10,12H,4-7,19H2,1-3H3,(H,20,22);1H. The number of hydrogen-bond acceptors (Lipinski definition) is 3. The zero-order chi connectivity index (χ0) is 17.1. The number of carbonyl (C=O) groups is 2. The molecule has 1 aliphatic heterocycles. The monoisotopic (exact) mass is 417 g/mol. The summed E-state index contributed by atoms with van der Waals surface area (Å²) in [5.74, 6) is 0.0660. The molecule has 0 radical (unpaired) electrons. The fourth-order valence-corrected chi connectivity index (χ4v) is 3.39. The Kier molecular flexibility index (Phi) is 7.55. The minimum Gasteiger partial charge on any atom is -0.397 e. The van der Waals surface area contributed by atoms with Crippen LogP contribution in [0.25, 0.3) is 0 Å². The number of benzene rings is 1. The Balaban J connectivity index is 0.00000288. The van der Waals surface area contributed by atoms with Crippen LogP contribution in [0.3, 0.4) is 0 Å². The largest absolute Gasteiger partial charge is 0.397 e. The van der Waals surface area contributed by atoms with Crippen molar-refractivity contribution in [1.82, 2.24) is 4.90 Å². The average molecular weight is 419 g/mol. The molecule has 0 spiro atoms. The van der Waals surface area contributed by atoms with E-state index in [1.54, 1.807) is 0 Å². The number of nitrogens with one attached hydrogen (secondary N) is 1. The second-order valence-electron chi connectivity index (χ2n) is 6.43. The van der Waals surface area contributed by atoms with Crippen LogP contribution in [0.1, 0.15) is 32.3 Å². The molecule has 0 aromatic heterocycles. The van der Waals surface area contributed by atoms with E-state index < -0.39 is 0 Å². The molecule has 24 heavy (non-hydrogen) atoms. The minimum atomic E-state index is -0.0788. The fourth-order valence-electron chi connectivity index (χ4n) is 2.82. The molecular formula is C17H25BrClN3O2. The van der Waals surface area contributed by atoms with Gasteiger partial charge >= 0.3 is 0 Å². The van der Waals surface area contributed by atoms with E-state index in [0.29, 0.717) is 37.3 Å². The summed E-state index contributed by atoms with van der Waals surface area (Å²) in [5, 5.41) is 2.93. The molecule has 1 saturated heterocycles. The topological polar surface area (TPSA) is 75.4 Å². The van der Waals surface area contributed by atoms with Gasteiger partial charge in [-0.3, -0.25) is 9.59 Å². The second-order valence-corrected chi connectivity index (χ2v) is 7.34. The Bertz CT molecular complexity index is 614. The molecule has 0 aliphatic carbocycles. The van der Waals surface area contributed by atoms with Crippen molar-refractivity contribution in [2.75, 3.05) is 24.1 Å². The number of aryl methyl sites for hydroxylation is 1. The molecule has 0 bridgehead atoms. The van der Waals surface area contributed by atoms with Gasteiger partial charge in [0.2, 0.25) is 11.8 Å². The Labute approximate surface area is 157 Å². The summed E-state index contributed by atoms with van der Waals surface area (Å²) in [6, 6.07) is 3.73. The first-order valence-electron chi connectivity index (χ1n) is 7.95. The van der Waals surface area contributed by atoms with Gasteiger partial charge in [-0.25, -0.2) is 0 Å². The highest BCUT2D eigenvalue weighted by Gasteiger charge is 2.28. The number of rotatable bonds is 3. The Morgan fingerprint density at radius 3 is 2.42 bits per heavy atom. The number of halogens is 2. The summed E-state index contributed by atoms with van der Waals surface area (Å²) in [6.45, 7) is 6.99. The normalized spacial score (nSPS) is 15.1. The van der Waals surface area contributed by atoms with Crippen molar-refractivity contribution in [3.63, 3.8) is 0 Å². The maximum atomic E-state index is 12.5. The summed E-state index contributed by atoms with van der Waals surface area (Å²) in [6.07, 6.45) is 1.38. The highest BCUT2D eigenvalue weighted by molar-refractivity contribution is 9.10. The zero-order valence-electron chi connectivity index (χ0n) is 14.3. The van der Waals surface area contributed by atoms with Crippen LogP contribution in [0, 0.1) is 18.8 Å². The molecule has 1 aliphatic rings. The van der Waals surface area contributed by atoms with E-state index in [-0.39, 0.29) is 36.1 Å². The van der Waals surface area contributed by atoms with E-state index in [9.17, 15) is 9.59 Å². The van der Waals surface area contributed by atoms with E-state index in [1.165, 1.54) is 0 Å².